The summed E-state index contributed by atoms with van der Waals surface area (Å²) in [7, 11) is 0. The molecule has 0 fully saturated rings. The summed E-state index contributed by atoms with van der Waals surface area (Å²) in [5, 5.41) is 2.72. The fraction of sp³-hybridized carbons (Fsp3) is 0.300. The summed E-state index contributed by atoms with van der Waals surface area (Å²) in [4.78, 5) is 24.5. The van der Waals surface area contributed by atoms with Gasteiger partial charge in [0.25, 0.3) is 5.91 Å². The number of anilines is 1. The molecule has 2 rings (SSSR count). The lowest BCUT2D eigenvalue weighted by Gasteiger charge is -2.15. The summed E-state index contributed by atoms with van der Waals surface area (Å²) < 4.78 is 16.0. The molecule has 26 heavy (non-hydrogen) atoms. The fourth-order valence-electron chi connectivity index (χ4n) is 2.22. The third kappa shape index (κ3) is 5.24. The van der Waals surface area contributed by atoms with E-state index in [0.29, 0.717) is 36.0 Å². The molecule has 0 saturated heterocycles. The Balaban J connectivity index is 1.97. The van der Waals surface area contributed by atoms with E-state index in [1.165, 1.54) is 6.92 Å². The lowest BCUT2D eigenvalue weighted by molar-refractivity contribution is -0.123. The van der Waals surface area contributed by atoms with Crippen molar-refractivity contribution in [2.45, 2.75) is 26.9 Å². The number of esters is 1. The summed E-state index contributed by atoms with van der Waals surface area (Å²) in [6.45, 7) is 6.29. The van der Waals surface area contributed by atoms with E-state index in [9.17, 15) is 9.59 Å². The van der Waals surface area contributed by atoms with Gasteiger partial charge in [-0.1, -0.05) is 12.1 Å². The number of para-hydroxylation sites is 2. The van der Waals surface area contributed by atoms with Crippen LogP contribution in [-0.2, 0) is 9.53 Å². The SMILES string of the molecule is CCOc1ccc(C(=O)OC(C)C(=O)Nc2ccccc2OCC)cc1. The van der Waals surface area contributed by atoms with Crippen molar-refractivity contribution < 1.29 is 23.8 Å². The summed E-state index contributed by atoms with van der Waals surface area (Å²) in [5.74, 6) is 0.223. The van der Waals surface area contributed by atoms with Crippen molar-refractivity contribution in [3.8, 4) is 11.5 Å². The van der Waals surface area contributed by atoms with E-state index in [2.05, 4.69) is 5.32 Å². The van der Waals surface area contributed by atoms with E-state index in [1.807, 2.05) is 19.9 Å². The first-order valence-electron chi connectivity index (χ1n) is 8.51. The van der Waals surface area contributed by atoms with Gasteiger partial charge in [0.2, 0.25) is 0 Å². The minimum Gasteiger partial charge on any atom is -0.494 e. The van der Waals surface area contributed by atoms with E-state index in [4.69, 9.17) is 14.2 Å². The molecule has 0 bridgehead atoms. The molecule has 0 spiro atoms. The molecule has 1 atom stereocenters. The van der Waals surface area contributed by atoms with E-state index < -0.39 is 18.0 Å². The molecular weight excluding hydrogens is 334 g/mol. The summed E-state index contributed by atoms with van der Waals surface area (Å²) in [5.41, 5.74) is 0.881. The van der Waals surface area contributed by atoms with Gasteiger partial charge in [-0.15, -0.1) is 0 Å². The van der Waals surface area contributed by atoms with Crippen LogP contribution in [0.3, 0.4) is 0 Å². The van der Waals surface area contributed by atoms with Crippen molar-refractivity contribution in [3.05, 3.63) is 54.1 Å². The topological polar surface area (TPSA) is 73.9 Å². The highest BCUT2D eigenvalue weighted by molar-refractivity contribution is 5.98. The first kappa shape index (κ1) is 19.3. The molecule has 1 amide bonds. The minimum atomic E-state index is -0.955. The highest BCUT2D eigenvalue weighted by Gasteiger charge is 2.20. The van der Waals surface area contributed by atoms with Gasteiger partial charge in [-0.3, -0.25) is 4.79 Å². The molecule has 2 aromatic rings. The quantitative estimate of drug-likeness (QED) is 0.730. The lowest BCUT2D eigenvalue weighted by Crippen LogP contribution is -2.30. The van der Waals surface area contributed by atoms with Gasteiger partial charge in [-0.05, 0) is 57.2 Å². The number of carbonyl (C=O) groups excluding carboxylic acids is 2. The second kappa shape index (κ2) is 9.46. The van der Waals surface area contributed by atoms with Crippen LogP contribution in [0, 0.1) is 0 Å². The van der Waals surface area contributed by atoms with E-state index >= 15 is 0 Å². The van der Waals surface area contributed by atoms with Crippen LogP contribution in [0.1, 0.15) is 31.1 Å². The third-order valence-electron chi connectivity index (χ3n) is 3.50. The fourth-order valence-corrected chi connectivity index (χ4v) is 2.22. The van der Waals surface area contributed by atoms with Crippen LogP contribution >= 0.6 is 0 Å². The van der Waals surface area contributed by atoms with Gasteiger partial charge in [-0.25, -0.2) is 4.79 Å². The standard InChI is InChI=1S/C20H23NO5/c1-4-24-16-12-10-15(11-13-16)20(23)26-14(3)19(22)21-17-8-6-7-9-18(17)25-5-2/h6-14H,4-5H2,1-3H3,(H,21,22). The summed E-state index contributed by atoms with van der Waals surface area (Å²) in [6, 6.07) is 13.7. The summed E-state index contributed by atoms with van der Waals surface area (Å²) in [6.07, 6.45) is -0.955. The molecule has 0 saturated carbocycles. The smallest absolute Gasteiger partial charge is 0.338 e. The van der Waals surface area contributed by atoms with E-state index in [-0.39, 0.29) is 0 Å². The number of carbonyl (C=O) groups is 2. The number of nitrogens with one attached hydrogen (secondary N) is 1. The van der Waals surface area contributed by atoms with Crippen molar-refractivity contribution in [1.82, 2.24) is 0 Å². The number of rotatable bonds is 8. The Morgan fingerprint density at radius 1 is 0.962 bits per heavy atom. The number of hydrogen-bond donors (Lipinski definition) is 1. The van der Waals surface area contributed by atoms with E-state index in [1.54, 1.807) is 42.5 Å². The largest absolute Gasteiger partial charge is 0.494 e. The van der Waals surface area contributed by atoms with Gasteiger partial charge >= 0.3 is 5.97 Å². The van der Waals surface area contributed by atoms with Gasteiger partial charge in [0.1, 0.15) is 11.5 Å². The van der Waals surface area contributed by atoms with Crippen molar-refractivity contribution in [1.29, 1.82) is 0 Å². The maximum Gasteiger partial charge on any atom is 0.338 e. The van der Waals surface area contributed by atoms with Crippen LogP contribution in [0.15, 0.2) is 48.5 Å². The second-order valence-electron chi connectivity index (χ2n) is 5.42. The first-order chi connectivity index (χ1) is 12.5. The Morgan fingerprint density at radius 3 is 2.27 bits per heavy atom. The number of hydrogen-bond acceptors (Lipinski definition) is 5. The Labute approximate surface area is 153 Å². The van der Waals surface area contributed by atoms with Crippen LogP contribution < -0.4 is 14.8 Å². The molecule has 0 aliphatic rings. The summed E-state index contributed by atoms with van der Waals surface area (Å²) >= 11 is 0. The Bertz CT molecular complexity index is 742. The average molecular weight is 357 g/mol. The molecule has 138 valence electrons. The molecule has 6 nitrogen and oxygen atoms in total. The highest BCUT2D eigenvalue weighted by atomic mass is 16.5. The molecule has 0 aliphatic carbocycles. The van der Waals surface area contributed by atoms with Crippen LogP contribution in [0.25, 0.3) is 0 Å². The number of amides is 1. The molecule has 1 unspecified atom stereocenters. The average Bonchev–Trinajstić information content (AvgIpc) is 2.64. The van der Waals surface area contributed by atoms with E-state index in [0.717, 1.165) is 0 Å². The van der Waals surface area contributed by atoms with Crippen LogP contribution in [-0.4, -0.2) is 31.2 Å². The predicted octanol–water partition coefficient (Wildman–Crippen LogP) is 3.67. The molecule has 0 aromatic heterocycles. The van der Waals surface area contributed by atoms with Gasteiger partial charge in [0.15, 0.2) is 6.10 Å². The zero-order valence-corrected chi connectivity index (χ0v) is 15.2. The second-order valence-corrected chi connectivity index (χ2v) is 5.42. The first-order valence-corrected chi connectivity index (χ1v) is 8.51. The number of benzene rings is 2. The Kier molecular flexibility index (Phi) is 7.02. The van der Waals surface area contributed by atoms with Crippen molar-refractivity contribution in [2.75, 3.05) is 18.5 Å². The Morgan fingerprint density at radius 2 is 1.62 bits per heavy atom. The molecular formula is C20H23NO5. The lowest BCUT2D eigenvalue weighted by atomic mass is 10.2. The zero-order chi connectivity index (χ0) is 18.9. The number of ether oxygens (including phenoxy) is 3. The van der Waals surface area contributed by atoms with Gasteiger partial charge in [0.05, 0.1) is 24.5 Å². The minimum absolute atomic E-state index is 0.350. The molecule has 0 aliphatic heterocycles. The zero-order valence-electron chi connectivity index (χ0n) is 15.2. The highest BCUT2D eigenvalue weighted by Crippen LogP contribution is 2.24. The van der Waals surface area contributed by atoms with Crippen LogP contribution in [0.2, 0.25) is 0 Å². The maximum atomic E-state index is 12.3. The van der Waals surface area contributed by atoms with Gasteiger partial charge < -0.3 is 19.5 Å². The van der Waals surface area contributed by atoms with Crippen molar-refractivity contribution in [3.63, 3.8) is 0 Å². The molecule has 0 radical (unpaired) electrons. The molecule has 6 heteroatoms. The Hall–Kier alpha value is -3.02. The molecule has 2 aromatic carbocycles. The van der Waals surface area contributed by atoms with Crippen LogP contribution in [0.4, 0.5) is 5.69 Å². The van der Waals surface area contributed by atoms with Gasteiger partial charge in [0, 0.05) is 0 Å². The van der Waals surface area contributed by atoms with Crippen LogP contribution in [0.5, 0.6) is 11.5 Å². The third-order valence-corrected chi connectivity index (χ3v) is 3.50. The van der Waals surface area contributed by atoms with Crippen molar-refractivity contribution in [2.24, 2.45) is 0 Å². The molecule has 1 N–H and O–H groups in total. The normalized spacial score (nSPS) is 11.3. The molecule has 0 heterocycles. The maximum absolute atomic E-state index is 12.3. The monoisotopic (exact) mass is 357 g/mol. The predicted molar refractivity (Wildman–Crippen MR) is 98.7 cm³/mol. The van der Waals surface area contributed by atoms with Gasteiger partial charge in [-0.2, -0.15) is 0 Å². The van der Waals surface area contributed by atoms with Crippen molar-refractivity contribution >= 4 is 17.6 Å².